The van der Waals surface area contributed by atoms with E-state index in [1.807, 2.05) is 0 Å². The van der Waals surface area contributed by atoms with Crippen LogP contribution < -0.4 is 4.74 Å². The molecule has 1 aromatic carbocycles. The largest absolute Gasteiger partial charge is 0.573 e. The Labute approximate surface area is 182 Å². The molecule has 0 saturated heterocycles. The zero-order valence-corrected chi connectivity index (χ0v) is 18.2. The van der Waals surface area contributed by atoms with E-state index >= 15 is 0 Å². The van der Waals surface area contributed by atoms with E-state index in [1.54, 1.807) is 0 Å². The van der Waals surface area contributed by atoms with Crippen LogP contribution >= 0.6 is 0 Å². The quantitative estimate of drug-likeness (QED) is 0.302. The lowest BCUT2D eigenvalue weighted by molar-refractivity contribution is -0.276. The van der Waals surface area contributed by atoms with Gasteiger partial charge >= 0.3 is 6.36 Å². The van der Waals surface area contributed by atoms with Crippen molar-refractivity contribution >= 4 is 0 Å². The third kappa shape index (κ3) is 6.95. The van der Waals surface area contributed by atoms with Crippen LogP contribution in [-0.4, -0.2) is 6.36 Å². The Hall–Kier alpha value is -1.59. The van der Waals surface area contributed by atoms with E-state index in [1.165, 1.54) is 38.5 Å². The van der Waals surface area contributed by atoms with Gasteiger partial charge in [0.2, 0.25) is 5.75 Å². The molecule has 1 nitrogen and oxygen atoms in total. The van der Waals surface area contributed by atoms with Gasteiger partial charge in [0.1, 0.15) is 0 Å². The second kappa shape index (κ2) is 10.8. The van der Waals surface area contributed by atoms with Crippen LogP contribution in [0.15, 0.2) is 24.3 Å². The Morgan fingerprint density at radius 1 is 0.871 bits per heavy atom. The molecular formula is C25H33F5O. The van der Waals surface area contributed by atoms with Crippen molar-refractivity contribution in [3.8, 4) is 5.75 Å². The van der Waals surface area contributed by atoms with Crippen LogP contribution in [0.2, 0.25) is 0 Å². The fourth-order valence-corrected chi connectivity index (χ4v) is 5.42. The number of unbranched alkanes of at least 4 members (excludes halogenated alkanes) is 1. The Bertz CT molecular complexity index is 703. The number of allylic oxidation sites excluding steroid dienone is 2. The summed E-state index contributed by atoms with van der Waals surface area (Å²) in [6.45, 7) is 2.19. The lowest BCUT2D eigenvalue weighted by Gasteiger charge is -2.38. The molecule has 2 aliphatic carbocycles. The molecule has 0 aliphatic heterocycles. The van der Waals surface area contributed by atoms with Crippen LogP contribution in [0.1, 0.15) is 89.0 Å². The van der Waals surface area contributed by atoms with Gasteiger partial charge in [-0.2, -0.15) is 0 Å². The molecule has 3 rings (SSSR count). The molecule has 2 aliphatic rings. The SMILES string of the molecule is CCCC=CCC1CCC(C2CCC(c3cc(F)c(OC(F)(F)F)c(F)c3)CC2)CC1. The van der Waals surface area contributed by atoms with Crippen LogP contribution in [0, 0.1) is 29.4 Å². The molecule has 0 atom stereocenters. The van der Waals surface area contributed by atoms with Crippen LogP contribution in [0.3, 0.4) is 0 Å². The number of halogens is 5. The van der Waals surface area contributed by atoms with Crippen LogP contribution in [-0.2, 0) is 0 Å². The molecule has 0 N–H and O–H groups in total. The first-order valence-electron chi connectivity index (χ1n) is 11.7. The Morgan fingerprint density at radius 3 is 1.94 bits per heavy atom. The molecule has 0 heterocycles. The molecule has 0 radical (unpaired) electrons. The molecule has 2 saturated carbocycles. The number of ether oxygens (including phenoxy) is 1. The second-order valence-electron chi connectivity index (χ2n) is 9.25. The number of hydrogen-bond acceptors (Lipinski definition) is 1. The molecule has 0 unspecified atom stereocenters. The fraction of sp³-hybridized carbons (Fsp3) is 0.680. The highest BCUT2D eigenvalue weighted by Crippen LogP contribution is 2.45. The summed E-state index contributed by atoms with van der Waals surface area (Å²) in [5, 5.41) is 0. The normalized spacial score (nSPS) is 27.5. The Balaban J connectivity index is 1.49. The van der Waals surface area contributed by atoms with Gasteiger partial charge in [0.15, 0.2) is 11.6 Å². The molecule has 6 heteroatoms. The third-order valence-electron chi connectivity index (χ3n) is 7.13. The predicted octanol–water partition coefficient (Wildman–Crippen LogP) is 8.69. The Kier molecular flexibility index (Phi) is 8.40. The molecule has 0 bridgehead atoms. The van der Waals surface area contributed by atoms with Crippen molar-refractivity contribution in [2.24, 2.45) is 17.8 Å². The second-order valence-corrected chi connectivity index (χ2v) is 9.25. The smallest absolute Gasteiger partial charge is 0.399 e. The molecule has 174 valence electrons. The van der Waals surface area contributed by atoms with E-state index in [9.17, 15) is 22.0 Å². The number of alkyl halides is 3. The highest BCUT2D eigenvalue weighted by Gasteiger charge is 2.35. The van der Waals surface area contributed by atoms with Gasteiger partial charge in [0.05, 0.1) is 0 Å². The van der Waals surface area contributed by atoms with Gasteiger partial charge in [-0.1, -0.05) is 25.5 Å². The lowest BCUT2D eigenvalue weighted by atomic mass is 9.68. The summed E-state index contributed by atoms with van der Waals surface area (Å²) in [5.41, 5.74) is 0.436. The summed E-state index contributed by atoms with van der Waals surface area (Å²) in [4.78, 5) is 0. The van der Waals surface area contributed by atoms with Gasteiger partial charge in [-0.15, -0.1) is 13.2 Å². The Morgan fingerprint density at radius 2 is 1.42 bits per heavy atom. The lowest BCUT2D eigenvalue weighted by Crippen LogP contribution is -2.25. The maximum atomic E-state index is 14.1. The van der Waals surface area contributed by atoms with Crippen LogP contribution in [0.5, 0.6) is 5.75 Å². The number of benzene rings is 1. The minimum absolute atomic E-state index is 0.0137. The first-order chi connectivity index (χ1) is 14.8. The standard InChI is InChI=1S/C25H33F5O/c1-2-3-4-5-6-17-7-9-18(10-8-17)19-11-13-20(14-12-19)21-15-22(26)24(23(27)16-21)31-25(28,29)30/h4-5,15-20H,2-3,6-14H2,1H3. The molecule has 0 spiro atoms. The minimum Gasteiger partial charge on any atom is -0.399 e. The first-order valence-corrected chi connectivity index (χ1v) is 11.7. The number of hydrogen-bond donors (Lipinski definition) is 0. The molecule has 1 aromatic rings. The average Bonchev–Trinajstić information content (AvgIpc) is 2.74. The summed E-state index contributed by atoms with van der Waals surface area (Å²) in [6, 6.07) is 2.01. The van der Waals surface area contributed by atoms with E-state index in [0.29, 0.717) is 11.5 Å². The van der Waals surface area contributed by atoms with Crippen molar-refractivity contribution in [1.82, 2.24) is 0 Å². The van der Waals surface area contributed by atoms with Crippen molar-refractivity contribution < 1.29 is 26.7 Å². The zero-order chi connectivity index (χ0) is 22.4. The fourth-order valence-electron chi connectivity index (χ4n) is 5.42. The van der Waals surface area contributed by atoms with E-state index in [4.69, 9.17) is 0 Å². The molecule has 0 amide bonds. The van der Waals surface area contributed by atoms with Gasteiger partial charge in [-0.3, -0.25) is 0 Å². The van der Waals surface area contributed by atoms with Crippen LogP contribution in [0.25, 0.3) is 0 Å². The highest BCUT2D eigenvalue weighted by atomic mass is 19.4. The topological polar surface area (TPSA) is 9.23 Å². The van der Waals surface area contributed by atoms with E-state index in [-0.39, 0.29) is 5.92 Å². The van der Waals surface area contributed by atoms with Gasteiger partial charge in [-0.25, -0.2) is 8.78 Å². The summed E-state index contributed by atoms with van der Waals surface area (Å²) in [5.74, 6) is -1.79. The molecule has 31 heavy (non-hydrogen) atoms. The van der Waals surface area contributed by atoms with Crippen molar-refractivity contribution in [2.75, 3.05) is 0 Å². The maximum absolute atomic E-state index is 14.1. The van der Waals surface area contributed by atoms with Crippen LogP contribution in [0.4, 0.5) is 22.0 Å². The summed E-state index contributed by atoms with van der Waals surface area (Å²) >= 11 is 0. The van der Waals surface area contributed by atoms with Crippen molar-refractivity contribution in [3.63, 3.8) is 0 Å². The van der Waals surface area contributed by atoms with Gasteiger partial charge < -0.3 is 4.74 Å². The van der Waals surface area contributed by atoms with E-state index < -0.39 is 23.7 Å². The van der Waals surface area contributed by atoms with Crippen molar-refractivity contribution in [1.29, 1.82) is 0 Å². The summed E-state index contributed by atoms with van der Waals surface area (Å²) in [6.07, 6.45) is 11.8. The molecule has 0 aromatic heterocycles. The summed E-state index contributed by atoms with van der Waals surface area (Å²) < 4.78 is 68.6. The minimum atomic E-state index is -5.12. The van der Waals surface area contributed by atoms with E-state index in [0.717, 1.165) is 56.1 Å². The van der Waals surface area contributed by atoms with Gasteiger partial charge in [-0.05, 0) is 106 Å². The maximum Gasteiger partial charge on any atom is 0.573 e. The van der Waals surface area contributed by atoms with E-state index in [2.05, 4.69) is 23.8 Å². The van der Waals surface area contributed by atoms with Gasteiger partial charge in [0, 0.05) is 0 Å². The molecular weight excluding hydrogens is 411 g/mol. The number of rotatable bonds is 7. The third-order valence-corrected chi connectivity index (χ3v) is 7.13. The van der Waals surface area contributed by atoms with Crippen molar-refractivity contribution in [3.05, 3.63) is 41.5 Å². The zero-order valence-electron chi connectivity index (χ0n) is 18.2. The summed E-state index contributed by atoms with van der Waals surface area (Å²) in [7, 11) is 0. The first kappa shape index (κ1) is 24.1. The molecule has 2 fully saturated rings. The predicted molar refractivity (Wildman–Crippen MR) is 112 cm³/mol. The van der Waals surface area contributed by atoms with Crippen molar-refractivity contribution in [2.45, 2.75) is 89.8 Å². The monoisotopic (exact) mass is 444 g/mol. The van der Waals surface area contributed by atoms with Gasteiger partial charge in [0.25, 0.3) is 0 Å². The highest BCUT2D eigenvalue weighted by molar-refractivity contribution is 5.33. The average molecular weight is 445 g/mol.